The Morgan fingerprint density at radius 1 is 0.833 bits per heavy atom. The smallest absolute Gasteiger partial charge is 0.248 e. The number of rotatable bonds is 17. The van der Waals surface area contributed by atoms with E-state index in [0.29, 0.717) is 34.9 Å². The number of ether oxygens (including phenoxy) is 1. The average Bonchev–Trinajstić information content (AvgIpc) is 3.94. The highest BCUT2D eigenvalue weighted by Gasteiger charge is 2.51. The van der Waals surface area contributed by atoms with Crippen LogP contribution < -0.4 is 10.6 Å². The van der Waals surface area contributed by atoms with Crippen molar-refractivity contribution < 1.29 is 47.7 Å². The second-order valence-electron chi connectivity index (χ2n) is 22.4. The minimum atomic E-state index is -3.49. The molecule has 10 atom stereocenters. The molecule has 0 spiro atoms. The van der Waals surface area contributed by atoms with E-state index >= 15 is 0 Å². The average molecular weight is 1020 g/mol. The van der Waals surface area contributed by atoms with E-state index in [9.17, 15) is 42.9 Å². The van der Waals surface area contributed by atoms with Gasteiger partial charge in [-0.05, 0) is 61.6 Å². The van der Waals surface area contributed by atoms with Crippen LogP contribution in [0.3, 0.4) is 0 Å². The van der Waals surface area contributed by atoms with E-state index in [4.69, 9.17) is 4.74 Å². The van der Waals surface area contributed by atoms with Crippen molar-refractivity contribution in [2.75, 3.05) is 32.5 Å². The van der Waals surface area contributed by atoms with Gasteiger partial charge in [-0.1, -0.05) is 64.1 Å². The Kier molecular flexibility index (Phi) is 14.6. The number of aliphatic hydroxyl groups is 3. The molecule has 8 rings (SSSR count). The number of benzene rings is 1. The van der Waals surface area contributed by atoms with Crippen molar-refractivity contribution in [2.45, 2.75) is 159 Å². The number of nitrogens with one attached hydrogen (secondary N) is 2. The molecule has 0 bridgehead atoms. The van der Waals surface area contributed by atoms with Gasteiger partial charge in [0.05, 0.1) is 59.0 Å². The summed E-state index contributed by atoms with van der Waals surface area (Å²) in [5.74, 6) is -1.70. The zero-order valence-electron chi connectivity index (χ0n) is 42.8. The summed E-state index contributed by atoms with van der Waals surface area (Å²) in [6.07, 6.45) is 4.43. The van der Waals surface area contributed by atoms with E-state index in [1.807, 2.05) is 54.7 Å². The highest BCUT2D eigenvalue weighted by molar-refractivity contribution is 7.90. The van der Waals surface area contributed by atoms with Gasteiger partial charge in [0.1, 0.15) is 24.2 Å². The molecule has 5 N–H and O–H groups in total. The van der Waals surface area contributed by atoms with Gasteiger partial charge >= 0.3 is 0 Å². The summed E-state index contributed by atoms with van der Waals surface area (Å²) < 4.78 is 35.7. The lowest BCUT2D eigenvalue weighted by Gasteiger charge is -2.35. The first kappa shape index (κ1) is 52.7. The second kappa shape index (κ2) is 20.0. The molecule has 392 valence electrons. The fourth-order valence-corrected chi connectivity index (χ4v) is 11.0. The summed E-state index contributed by atoms with van der Waals surface area (Å²) in [4.78, 5) is 60.5. The number of aryl methyl sites for hydroxylation is 2. The first-order valence-corrected chi connectivity index (χ1v) is 26.6. The van der Waals surface area contributed by atoms with E-state index in [2.05, 4.69) is 36.4 Å². The molecule has 2 saturated carbocycles. The van der Waals surface area contributed by atoms with Gasteiger partial charge in [-0.25, -0.2) is 17.8 Å². The maximum atomic E-state index is 14.9. The van der Waals surface area contributed by atoms with Crippen LogP contribution in [0.25, 0.3) is 0 Å². The lowest BCUT2D eigenvalue weighted by atomic mass is 9.85. The number of hydrogen-bond acceptors (Lipinski definition) is 15. The van der Waals surface area contributed by atoms with Crippen molar-refractivity contribution >= 4 is 33.5 Å². The quantitative estimate of drug-likeness (QED) is 0.101. The molecule has 4 aliphatic rings. The zero-order chi connectivity index (χ0) is 52.4. The number of aromatic nitrogens is 8. The Hall–Kier alpha value is -5.62. The Labute approximate surface area is 419 Å². The summed E-state index contributed by atoms with van der Waals surface area (Å²) >= 11 is 0. The van der Waals surface area contributed by atoms with Crippen LogP contribution in [0.2, 0.25) is 0 Å². The van der Waals surface area contributed by atoms with Crippen molar-refractivity contribution in [3.63, 3.8) is 0 Å². The van der Waals surface area contributed by atoms with Gasteiger partial charge in [0, 0.05) is 81.3 Å². The predicted molar refractivity (Wildman–Crippen MR) is 259 cm³/mol. The van der Waals surface area contributed by atoms with Crippen LogP contribution in [-0.4, -0.2) is 160 Å². The molecule has 2 aliphatic carbocycles. The van der Waals surface area contributed by atoms with E-state index in [1.165, 1.54) is 38.7 Å². The minimum absolute atomic E-state index is 0.0215. The monoisotopic (exact) mass is 1020 g/mol. The Morgan fingerprint density at radius 2 is 1.40 bits per heavy atom. The minimum Gasteiger partial charge on any atom is -0.394 e. The lowest BCUT2D eigenvalue weighted by Crippen LogP contribution is -2.51. The van der Waals surface area contributed by atoms with Crippen molar-refractivity contribution in [1.29, 1.82) is 0 Å². The molecular formula is C49H70N12O10S. The van der Waals surface area contributed by atoms with Crippen molar-refractivity contribution in [3.8, 4) is 0 Å². The van der Waals surface area contributed by atoms with Gasteiger partial charge in [0.2, 0.25) is 23.6 Å². The molecule has 1 aromatic carbocycles. The number of carbonyl (C=O) groups is 4. The first-order valence-electron chi connectivity index (χ1n) is 24.7. The predicted octanol–water partition coefficient (Wildman–Crippen LogP) is 1.88. The van der Waals surface area contributed by atoms with Crippen LogP contribution in [0, 0.1) is 24.7 Å². The highest BCUT2D eigenvalue weighted by atomic mass is 32.2. The molecule has 23 heteroatoms. The number of aliphatic hydroxyl groups excluding tert-OH is 3. The topological polar surface area (TPSA) is 282 Å². The second-order valence-corrected chi connectivity index (χ2v) is 24.4. The number of carbonyl (C=O) groups excluding carboxylic acids is 4. The van der Waals surface area contributed by atoms with Gasteiger partial charge in [-0.3, -0.25) is 23.9 Å². The molecule has 2 aliphatic heterocycles. The molecule has 4 fully saturated rings. The number of β-amino-alcohol motifs (C(OH)–C–C–N with tert-alkyl or cyclic N) is 1. The van der Waals surface area contributed by atoms with E-state index < -0.39 is 93.5 Å². The van der Waals surface area contributed by atoms with Crippen LogP contribution >= 0.6 is 0 Å². The maximum Gasteiger partial charge on any atom is 0.248 e. The Morgan fingerprint density at radius 3 is 1.94 bits per heavy atom. The number of nitrogens with zero attached hydrogens (tertiary/aromatic N) is 10. The van der Waals surface area contributed by atoms with Gasteiger partial charge in [-0.15, -0.1) is 10.2 Å². The van der Waals surface area contributed by atoms with Crippen molar-refractivity contribution in [1.82, 2.24) is 60.2 Å². The Bertz CT molecular complexity index is 2770. The summed E-state index contributed by atoms with van der Waals surface area (Å²) in [7, 11) is -1.71. The summed E-state index contributed by atoms with van der Waals surface area (Å²) in [6.45, 7) is 14.5. The van der Waals surface area contributed by atoms with Gasteiger partial charge in [0.25, 0.3) is 0 Å². The molecule has 0 radical (unpaired) electrons. The van der Waals surface area contributed by atoms with E-state index in [-0.39, 0.29) is 55.3 Å². The first-order chi connectivity index (χ1) is 33.7. The van der Waals surface area contributed by atoms with E-state index in [0.717, 1.165) is 30.5 Å². The molecule has 2 saturated heterocycles. The van der Waals surface area contributed by atoms with Crippen LogP contribution in [0.5, 0.6) is 0 Å². The van der Waals surface area contributed by atoms with Crippen molar-refractivity contribution in [2.24, 2.45) is 17.9 Å². The third kappa shape index (κ3) is 11.1. The summed E-state index contributed by atoms with van der Waals surface area (Å²) in [6, 6.07) is 1.27. The molecule has 3 aromatic heterocycles. The highest BCUT2D eigenvalue weighted by Crippen LogP contribution is 2.46. The van der Waals surface area contributed by atoms with Crippen molar-refractivity contribution in [3.05, 3.63) is 70.6 Å². The fraction of sp³-hybridized carbons (Fsp3) is 0.653. The van der Waals surface area contributed by atoms with E-state index in [1.54, 1.807) is 29.5 Å². The molecule has 4 amide bonds. The van der Waals surface area contributed by atoms with Crippen LogP contribution in [-0.2, 0) is 40.8 Å². The van der Waals surface area contributed by atoms with Gasteiger partial charge in [-0.2, -0.15) is 5.10 Å². The van der Waals surface area contributed by atoms with Crippen LogP contribution in [0.4, 0.5) is 0 Å². The number of amides is 4. The maximum absolute atomic E-state index is 14.9. The number of likely N-dealkylation sites (tertiary alicyclic amines) is 2. The third-order valence-corrected chi connectivity index (χ3v) is 15.6. The molecule has 4 unspecified atom stereocenters. The number of sulfone groups is 1. The molecule has 22 nitrogen and oxygen atoms in total. The summed E-state index contributed by atoms with van der Waals surface area (Å²) in [5.41, 5.74) is 2.53. The zero-order valence-corrected chi connectivity index (χ0v) is 43.6. The molecular weight excluding hydrogens is 949 g/mol. The standard InChI is InChI=1S/C49H70N12O10S/c1-26-41(27(2)57(9)54-26)39(64)20-50-44(65)37-17-30(63)21-58(37)46(67)42(48(3,4)5)61-24-35(53-56-61)33-19-40(33)71-31-18-38(45(66)51-36(25-62)29-13-15-32(16-14-29)72(10,69)70)59(22-31)47(68)43(49(6,7)8)60-23-34(52-55-60)28-11-12-28/h13-16,23-24,28,30-31,33,36-40,42-43,62-64H,11-12,17-22,25H2,1-10H3,(H,50,65)(H,51,66)/t30-,31-,33?,36?,37+,38+,39?,40?,42-,43-/m1/s1. The Balaban J connectivity index is 0.970. The molecule has 4 aromatic rings. The normalized spacial score (nSPS) is 24.2. The lowest BCUT2D eigenvalue weighted by molar-refractivity contribution is -0.144. The third-order valence-electron chi connectivity index (χ3n) is 14.5. The molecule has 5 heterocycles. The molecule has 72 heavy (non-hydrogen) atoms. The number of hydrogen-bond donors (Lipinski definition) is 5. The largest absolute Gasteiger partial charge is 0.394 e. The fourth-order valence-electron chi connectivity index (χ4n) is 10.4. The SMILES string of the molecule is Cc1nn(C)c(C)c1C(O)CNC(=O)[C@@H]1C[C@@H](O)CN1C(=O)[C@@H](n1cc(C2CC2O[C@@H]2C[C@@H](C(=O)NC(CO)c3ccc(S(C)(=O)=O)cc3)N(C(=O)[C@@H](n3cc(C4CC4)nn3)C(C)(C)C)C2)nn1)C(C)(C)C. The van der Waals surface area contributed by atoms with Gasteiger partial charge < -0.3 is 40.5 Å². The van der Waals surface area contributed by atoms with Crippen LogP contribution in [0.15, 0.2) is 41.6 Å². The van der Waals surface area contributed by atoms with Gasteiger partial charge in [0.15, 0.2) is 9.84 Å². The summed E-state index contributed by atoms with van der Waals surface area (Å²) in [5, 5.41) is 59.9. The van der Waals surface area contributed by atoms with Crippen LogP contribution in [0.1, 0.15) is 144 Å².